The summed E-state index contributed by atoms with van der Waals surface area (Å²) >= 11 is 0. The minimum Gasteiger partial charge on any atom is -0.309 e. The number of hydrogen-bond acceptors (Lipinski definition) is 0. The summed E-state index contributed by atoms with van der Waals surface area (Å²) in [7, 11) is 0.416. The molecule has 0 amide bonds. The van der Waals surface area contributed by atoms with Crippen LogP contribution in [0.2, 0.25) is 0 Å². The van der Waals surface area contributed by atoms with E-state index in [0.29, 0.717) is 10.9 Å². The van der Waals surface area contributed by atoms with Crippen LogP contribution in [0, 0.1) is 0 Å². The highest BCUT2D eigenvalue weighted by Crippen LogP contribution is 2.37. The Kier molecular flexibility index (Phi) is 3.73. The van der Waals surface area contributed by atoms with Gasteiger partial charge in [0.25, 0.3) is 0 Å². The summed E-state index contributed by atoms with van der Waals surface area (Å²) in [5.74, 6) is 2.72. The number of rotatable bonds is 2. The highest BCUT2D eigenvalue weighted by atomic mass is 32.2. The summed E-state index contributed by atoms with van der Waals surface area (Å²) in [5, 5.41) is 5.45. The van der Waals surface area contributed by atoms with Crippen LogP contribution < -0.4 is 0 Å². The zero-order valence-corrected chi connectivity index (χ0v) is 16.6. The zero-order valence-electron chi connectivity index (χ0n) is 15.8. The molecule has 1 fully saturated rings. The molecule has 0 radical (unpaired) electrons. The van der Waals surface area contributed by atoms with Crippen LogP contribution in [0.1, 0.15) is 12.8 Å². The van der Waals surface area contributed by atoms with Crippen LogP contribution in [0.4, 0.5) is 0 Å². The first kappa shape index (κ1) is 16.3. The van der Waals surface area contributed by atoms with Crippen molar-refractivity contribution in [3.05, 3.63) is 84.9 Å². The lowest BCUT2D eigenvalue weighted by atomic mass is 10.1. The van der Waals surface area contributed by atoms with Crippen molar-refractivity contribution in [2.75, 3.05) is 11.5 Å². The van der Waals surface area contributed by atoms with Crippen LogP contribution in [0.5, 0.6) is 0 Å². The number of nitrogens with zero attached hydrogens (tertiary/aromatic N) is 1. The SMILES string of the molecule is c1ccc2c([S+]3CCCC3)ccc(-n3c4ccccc4c4ccccc43)c2c1. The molecule has 0 N–H and O–H groups in total. The van der Waals surface area contributed by atoms with Gasteiger partial charge >= 0.3 is 0 Å². The van der Waals surface area contributed by atoms with Gasteiger partial charge in [0, 0.05) is 32.4 Å². The lowest BCUT2D eigenvalue weighted by molar-refractivity contribution is 0.949. The predicted octanol–water partition coefficient (Wildman–Crippen LogP) is 6.71. The first-order valence-electron chi connectivity index (χ1n) is 10.1. The van der Waals surface area contributed by atoms with Crippen molar-refractivity contribution in [2.24, 2.45) is 0 Å². The van der Waals surface area contributed by atoms with Crippen molar-refractivity contribution in [1.82, 2.24) is 4.57 Å². The third-order valence-electron chi connectivity index (χ3n) is 6.02. The molecule has 5 aromatic rings. The topological polar surface area (TPSA) is 4.93 Å². The Balaban J connectivity index is 1.71. The smallest absolute Gasteiger partial charge is 0.162 e. The molecule has 0 atom stereocenters. The molecule has 2 heteroatoms. The average Bonchev–Trinajstić information content (AvgIpc) is 3.40. The maximum Gasteiger partial charge on any atom is 0.162 e. The van der Waals surface area contributed by atoms with Gasteiger partial charge in [-0.3, -0.25) is 0 Å². The fraction of sp³-hybridized carbons (Fsp3) is 0.154. The van der Waals surface area contributed by atoms with E-state index in [4.69, 9.17) is 0 Å². The van der Waals surface area contributed by atoms with Crippen molar-refractivity contribution >= 4 is 43.5 Å². The van der Waals surface area contributed by atoms with Gasteiger partial charge in [-0.15, -0.1) is 0 Å². The predicted molar refractivity (Wildman–Crippen MR) is 123 cm³/mol. The second-order valence-corrected chi connectivity index (χ2v) is 9.85. The maximum absolute atomic E-state index is 2.45. The van der Waals surface area contributed by atoms with E-state index in [-0.39, 0.29) is 0 Å². The molecular weight excluding hydrogens is 358 g/mol. The van der Waals surface area contributed by atoms with Crippen LogP contribution >= 0.6 is 0 Å². The van der Waals surface area contributed by atoms with Crippen molar-refractivity contribution < 1.29 is 0 Å². The van der Waals surface area contributed by atoms with E-state index in [2.05, 4.69) is 89.5 Å². The zero-order chi connectivity index (χ0) is 18.5. The van der Waals surface area contributed by atoms with Crippen molar-refractivity contribution in [3.63, 3.8) is 0 Å². The molecular formula is C26H22NS+. The Bertz CT molecular complexity index is 1270. The summed E-state index contributed by atoms with van der Waals surface area (Å²) in [6, 6.07) is 31.3. The normalized spacial score (nSPS) is 15.1. The van der Waals surface area contributed by atoms with E-state index in [1.54, 1.807) is 4.90 Å². The first-order valence-corrected chi connectivity index (χ1v) is 11.7. The molecule has 28 heavy (non-hydrogen) atoms. The van der Waals surface area contributed by atoms with Crippen molar-refractivity contribution in [2.45, 2.75) is 17.7 Å². The Labute approximate surface area is 167 Å². The molecule has 4 aromatic carbocycles. The van der Waals surface area contributed by atoms with E-state index in [1.807, 2.05) is 0 Å². The van der Waals surface area contributed by atoms with Gasteiger partial charge in [0.05, 0.1) is 16.7 Å². The summed E-state index contributed by atoms with van der Waals surface area (Å²) in [4.78, 5) is 1.57. The summed E-state index contributed by atoms with van der Waals surface area (Å²) < 4.78 is 2.45. The lowest BCUT2D eigenvalue weighted by Gasteiger charge is -2.13. The van der Waals surface area contributed by atoms with Crippen molar-refractivity contribution in [1.29, 1.82) is 0 Å². The van der Waals surface area contributed by atoms with E-state index in [0.717, 1.165) is 0 Å². The summed E-state index contributed by atoms with van der Waals surface area (Å²) in [6.07, 6.45) is 2.76. The minimum absolute atomic E-state index is 0.416. The Hall–Kier alpha value is -2.71. The fourth-order valence-corrected chi connectivity index (χ4v) is 7.26. The molecule has 0 saturated carbocycles. The van der Waals surface area contributed by atoms with E-state index < -0.39 is 0 Å². The molecule has 1 aromatic heterocycles. The van der Waals surface area contributed by atoms with Crippen LogP contribution in [-0.4, -0.2) is 16.1 Å². The highest BCUT2D eigenvalue weighted by Gasteiger charge is 2.29. The number of hydrogen-bond donors (Lipinski definition) is 0. The molecule has 1 saturated heterocycles. The monoisotopic (exact) mass is 380 g/mol. The summed E-state index contributed by atoms with van der Waals surface area (Å²) in [5.41, 5.74) is 3.86. The quantitative estimate of drug-likeness (QED) is 0.300. The largest absolute Gasteiger partial charge is 0.309 e. The molecule has 0 aliphatic carbocycles. The third kappa shape index (κ3) is 2.34. The molecule has 0 bridgehead atoms. The lowest BCUT2D eigenvalue weighted by Crippen LogP contribution is -2.06. The Morgan fingerprint density at radius 1 is 0.536 bits per heavy atom. The number of para-hydroxylation sites is 2. The van der Waals surface area contributed by atoms with Gasteiger partial charge in [-0.05, 0) is 43.2 Å². The van der Waals surface area contributed by atoms with Crippen LogP contribution in [-0.2, 0) is 10.9 Å². The highest BCUT2D eigenvalue weighted by molar-refractivity contribution is 7.97. The fourth-order valence-electron chi connectivity index (χ4n) is 4.76. The average molecular weight is 381 g/mol. The van der Waals surface area contributed by atoms with Gasteiger partial charge in [0.15, 0.2) is 4.90 Å². The van der Waals surface area contributed by atoms with E-state index in [9.17, 15) is 0 Å². The van der Waals surface area contributed by atoms with Crippen LogP contribution in [0.15, 0.2) is 89.8 Å². The molecule has 136 valence electrons. The Morgan fingerprint density at radius 2 is 1.07 bits per heavy atom. The van der Waals surface area contributed by atoms with Gasteiger partial charge < -0.3 is 4.57 Å². The summed E-state index contributed by atoms with van der Waals surface area (Å²) in [6.45, 7) is 0. The van der Waals surface area contributed by atoms with Crippen LogP contribution in [0.25, 0.3) is 38.3 Å². The molecule has 1 aliphatic rings. The number of benzene rings is 4. The van der Waals surface area contributed by atoms with E-state index in [1.165, 1.54) is 62.6 Å². The van der Waals surface area contributed by atoms with Gasteiger partial charge in [0.1, 0.15) is 11.5 Å². The second-order valence-electron chi connectivity index (χ2n) is 7.61. The molecule has 1 aliphatic heterocycles. The molecule has 2 heterocycles. The van der Waals surface area contributed by atoms with Gasteiger partial charge in [0.2, 0.25) is 0 Å². The third-order valence-corrected chi connectivity index (χ3v) is 8.57. The first-order chi connectivity index (χ1) is 13.9. The number of fused-ring (bicyclic) bond motifs is 4. The van der Waals surface area contributed by atoms with Gasteiger partial charge in [-0.1, -0.05) is 54.6 Å². The van der Waals surface area contributed by atoms with Gasteiger partial charge in [-0.2, -0.15) is 0 Å². The standard InChI is InChI=1S/C26H22NS/c1-2-12-22-21(11-1)25(15-16-26(22)28-17-7-8-18-28)27-23-13-5-3-9-19(23)20-10-4-6-14-24(20)27/h1-6,9-16H,7-8,17-18H2/q+1. The second kappa shape index (κ2) is 6.42. The van der Waals surface area contributed by atoms with Crippen LogP contribution in [0.3, 0.4) is 0 Å². The van der Waals surface area contributed by atoms with Crippen molar-refractivity contribution in [3.8, 4) is 5.69 Å². The molecule has 0 unspecified atom stereocenters. The van der Waals surface area contributed by atoms with Gasteiger partial charge in [-0.25, -0.2) is 0 Å². The molecule has 1 nitrogen and oxygen atoms in total. The van der Waals surface area contributed by atoms with E-state index >= 15 is 0 Å². The maximum atomic E-state index is 2.45. The molecule has 6 rings (SSSR count). The number of aromatic nitrogens is 1. The minimum atomic E-state index is 0.416. The Morgan fingerprint density at radius 3 is 1.71 bits per heavy atom. The molecule has 0 spiro atoms.